The molecule has 0 saturated carbocycles. The minimum Gasteiger partial charge on any atom is -0.376 e. The van der Waals surface area contributed by atoms with Gasteiger partial charge in [0.2, 0.25) is 0 Å². The lowest BCUT2D eigenvalue weighted by Crippen LogP contribution is -2.59. The standard InChI is InChI=1S/3C41H27BN2/c1-3-11-28(12-4-1)30-19-22-40-35(25-30)33-15-7-8-16-37(33)42-38-27-32(39-17-9-10-24-43-39)18-21-34(38)36-26-31(20-23-41(36)44(40)42)29-13-5-2-6-14-29;1-3-10-28(11-4-1)30-18-21-40-36(24-30)34-15-7-8-16-38(34)42-39-26-32(33-14-9-23-43-27-33)17-20-35(39)37-25-31(19-22-41(37)44(40)42)29-12-5-2-6-13-29;1-3-9-28(10-4-1)31-16-19-40-36(25-31)34-13-7-8-14-38(34)42-39-27-33(30-21-23-43-24-22-30)15-18-35(39)37-26-32(17-20-41(37)44(40)42)29-11-5-2-6-12-29/h3*1-27H. The highest BCUT2D eigenvalue weighted by atomic mass is 15.1. The molecule has 0 atom stereocenters. The summed E-state index contributed by atoms with van der Waals surface area (Å²) in [6.07, 6.45) is 9.42. The Morgan fingerprint density at radius 3 is 0.697 bits per heavy atom. The second-order valence-electron chi connectivity index (χ2n) is 34.8. The Morgan fingerprint density at radius 2 is 0.394 bits per heavy atom. The van der Waals surface area contributed by atoms with Crippen LogP contribution in [-0.2, 0) is 0 Å². The highest BCUT2D eigenvalue weighted by molar-refractivity contribution is 6.94. The van der Waals surface area contributed by atoms with Gasteiger partial charge in [0, 0.05) is 98.5 Å². The van der Waals surface area contributed by atoms with Crippen LogP contribution in [0.3, 0.4) is 0 Å². The fraction of sp³-hybridized carbons (Fsp3) is 0. The van der Waals surface area contributed by atoms with E-state index in [9.17, 15) is 0 Å². The number of hydrogen-bond acceptors (Lipinski definition) is 6. The molecule has 6 nitrogen and oxygen atoms in total. The number of pyridine rings is 3. The molecule has 21 aromatic rings. The van der Waals surface area contributed by atoms with Crippen molar-refractivity contribution in [2.24, 2.45) is 0 Å². The maximum absolute atomic E-state index is 4.71. The zero-order chi connectivity index (χ0) is 87.1. The van der Waals surface area contributed by atoms with Gasteiger partial charge in [-0.05, 0) is 264 Å². The summed E-state index contributed by atoms with van der Waals surface area (Å²) in [6, 6.07) is 168. The molecule has 0 fully saturated rings. The maximum atomic E-state index is 4.71. The number of nitrogens with zero attached hydrogens (tertiary/aromatic N) is 6. The van der Waals surface area contributed by atoms with E-state index >= 15 is 0 Å². The van der Waals surface area contributed by atoms with Crippen molar-refractivity contribution in [3.05, 3.63) is 492 Å². The summed E-state index contributed by atoms with van der Waals surface area (Å²) in [5.41, 5.74) is 52.2. The summed E-state index contributed by atoms with van der Waals surface area (Å²) < 4.78 is 0. The quantitative estimate of drug-likeness (QED) is 0.134. The molecule has 0 aliphatic carbocycles. The summed E-state index contributed by atoms with van der Waals surface area (Å²) in [5, 5.41) is 0. The molecule has 612 valence electrons. The smallest absolute Gasteiger partial charge is 0.329 e. The van der Waals surface area contributed by atoms with Gasteiger partial charge in [-0.1, -0.05) is 358 Å². The van der Waals surface area contributed by atoms with Crippen molar-refractivity contribution in [3.63, 3.8) is 0 Å². The monoisotopic (exact) mass is 1670 g/mol. The van der Waals surface area contributed by atoms with Crippen molar-refractivity contribution in [2.45, 2.75) is 0 Å². The summed E-state index contributed by atoms with van der Waals surface area (Å²) in [5.74, 6) is 0. The van der Waals surface area contributed by atoms with Gasteiger partial charge < -0.3 is 14.4 Å². The number of rotatable bonds is 9. The van der Waals surface area contributed by atoms with Crippen LogP contribution in [0.5, 0.6) is 0 Å². The van der Waals surface area contributed by atoms with Gasteiger partial charge in [0.1, 0.15) is 0 Å². The molecule has 27 rings (SSSR count). The molecule has 0 N–H and O–H groups in total. The number of aromatic nitrogens is 3. The predicted octanol–water partition coefficient (Wildman–Crippen LogP) is 27.0. The number of fused-ring (bicyclic) bond motifs is 33. The molecule has 0 saturated heterocycles. The van der Waals surface area contributed by atoms with Crippen LogP contribution in [0.1, 0.15) is 0 Å². The van der Waals surface area contributed by atoms with E-state index in [-0.39, 0.29) is 20.5 Å². The Bertz CT molecular complexity index is 7280. The van der Waals surface area contributed by atoms with Gasteiger partial charge >= 0.3 is 20.5 Å². The van der Waals surface area contributed by atoms with Gasteiger partial charge in [-0.15, -0.1) is 0 Å². The number of hydrogen-bond donors (Lipinski definition) is 0. The number of benzene rings is 18. The van der Waals surface area contributed by atoms with Crippen molar-refractivity contribution in [2.75, 3.05) is 14.4 Å². The topological polar surface area (TPSA) is 48.4 Å². The molecular formula is C123H81B3N6. The molecule has 0 amide bonds. The SMILES string of the molecule is c1ccc(-c2ccc3c(c2)-c2ccccc2B2c4cc(-c5ccccn5)ccc4-c4cc(-c5ccccc5)ccc4N23)cc1.c1ccc(-c2ccc3c(c2)-c2ccccc2B2c4cc(-c5cccnc5)ccc4-c4cc(-c5ccccc5)ccc4N23)cc1.c1ccc(-c2ccc3c(c2)-c2ccccc2B2c4cc(-c5ccncc5)ccc4-c4cc(-c5ccccc5)ccc4N23)cc1. The summed E-state index contributed by atoms with van der Waals surface area (Å²) >= 11 is 0. The highest BCUT2D eigenvalue weighted by Crippen LogP contribution is 2.53. The second-order valence-corrected chi connectivity index (χ2v) is 34.8. The lowest BCUT2D eigenvalue weighted by Gasteiger charge is -2.43. The largest absolute Gasteiger partial charge is 0.376 e. The average molecular weight is 1680 g/mol. The van der Waals surface area contributed by atoms with Crippen molar-refractivity contribution in [3.8, 4) is 167 Å². The van der Waals surface area contributed by atoms with Crippen LogP contribution in [0.25, 0.3) is 167 Å². The van der Waals surface area contributed by atoms with Crippen LogP contribution in [0.15, 0.2) is 492 Å². The van der Waals surface area contributed by atoms with Gasteiger partial charge in [0.25, 0.3) is 0 Å². The first-order valence-corrected chi connectivity index (χ1v) is 45.5. The molecule has 132 heavy (non-hydrogen) atoms. The maximum Gasteiger partial charge on any atom is 0.329 e. The van der Waals surface area contributed by atoms with Crippen molar-refractivity contribution in [1.29, 1.82) is 0 Å². The van der Waals surface area contributed by atoms with E-state index in [4.69, 9.17) is 4.98 Å². The van der Waals surface area contributed by atoms with Crippen LogP contribution in [0.2, 0.25) is 0 Å². The third kappa shape index (κ3) is 13.4. The summed E-state index contributed by atoms with van der Waals surface area (Å²) in [7, 11) is 0. The van der Waals surface area contributed by atoms with Crippen LogP contribution < -0.4 is 47.2 Å². The Balaban J connectivity index is 0.000000106. The van der Waals surface area contributed by atoms with Crippen LogP contribution in [-0.4, -0.2) is 35.5 Å². The molecule has 9 heterocycles. The predicted molar refractivity (Wildman–Crippen MR) is 555 cm³/mol. The molecule has 0 bridgehead atoms. The number of anilines is 6. The lowest BCUT2D eigenvalue weighted by molar-refractivity contribution is 1.32. The molecule has 0 spiro atoms. The van der Waals surface area contributed by atoms with Crippen molar-refractivity contribution < 1.29 is 0 Å². The normalized spacial score (nSPS) is 12.5. The lowest BCUT2D eigenvalue weighted by atomic mass is 9.43. The first-order chi connectivity index (χ1) is 65.5. The molecule has 0 unspecified atom stereocenters. The molecule has 9 heteroatoms. The fourth-order valence-electron chi connectivity index (χ4n) is 21.4. The minimum absolute atomic E-state index is 0.0370. The molecule has 6 aliphatic heterocycles. The van der Waals surface area contributed by atoms with E-state index in [2.05, 4.69) is 473 Å². The molecule has 6 aliphatic rings. The van der Waals surface area contributed by atoms with Gasteiger partial charge in [-0.25, -0.2) is 0 Å². The van der Waals surface area contributed by atoms with E-state index in [1.807, 2.05) is 43.1 Å². The van der Waals surface area contributed by atoms with Gasteiger partial charge in [0.05, 0.1) is 5.69 Å². The third-order valence-electron chi connectivity index (χ3n) is 27.5. The van der Waals surface area contributed by atoms with Crippen molar-refractivity contribution >= 4 is 87.4 Å². The van der Waals surface area contributed by atoms with E-state index in [1.165, 1.54) is 217 Å². The molecule has 3 aromatic heterocycles. The first kappa shape index (κ1) is 77.4. The van der Waals surface area contributed by atoms with E-state index in [0.717, 1.165) is 16.8 Å². The third-order valence-corrected chi connectivity index (χ3v) is 27.5. The second kappa shape index (κ2) is 32.7. The molecular weight excluding hydrogens is 1590 g/mol. The molecule has 18 aromatic carbocycles. The van der Waals surface area contributed by atoms with Gasteiger partial charge in [0.15, 0.2) is 0 Å². The Labute approximate surface area is 770 Å². The van der Waals surface area contributed by atoms with E-state index in [0.29, 0.717) is 0 Å². The van der Waals surface area contributed by atoms with Gasteiger partial charge in [-0.2, -0.15) is 0 Å². The van der Waals surface area contributed by atoms with Crippen LogP contribution in [0.4, 0.5) is 34.1 Å². The first-order valence-electron chi connectivity index (χ1n) is 45.5. The minimum atomic E-state index is 0.0370. The average Bonchev–Trinajstić information content (AvgIpc) is 0.712. The Morgan fingerprint density at radius 1 is 0.144 bits per heavy atom. The fourth-order valence-corrected chi connectivity index (χ4v) is 21.4. The van der Waals surface area contributed by atoms with Crippen LogP contribution >= 0.6 is 0 Å². The van der Waals surface area contributed by atoms with Gasteiger partial charge in [-0.3, -0.25) is 15.0 Å². The Hall–Kier alpha value is -17.0. The molecule has 0 radical (unpaired) electrons. The van der Waals surface area contributed by atoms with Crippen LogP contribution in [0, 0.1) is 0 Å². The summed E-state index contributed by atoms with van der Waals surface area (Å²) in [6.45, 7) is 0.131. The highest BCUT2D eigenvalue weighted by Gasteiger charge is 2.47. The Kier molecular flexibility index (Phi) is 19.2. The zero-order valence-electron chi connectivity index (χ0n) is 72.2. The van der Waals surface area contributed by atoms with E-state index in [1.54, 1.807) is 0 Å². The van der Waals surface area contributed by atoms with Crippen molar-refractivity contribution in [1.82, 2.24) is 15.0 Å². The zero-order valence-corrected chi connectivity index (χ0v) is 72.2. The summed E-state index contributed by atoms with van der Waals surface area (Å²) in [4.78, 5) is 21.1. The van der Waals surface area contributed by atoms with E-state index < -0.39 is 0 Å².